The Hall–Kier alpha value is -1.52. The normalized spacial score (nSPS) is 11.2. The van der Waals surface area contributed by atoms with Gasteiger partial charge in [0.2, 0.25) is 0 Å². The largest absolute Gasteiger partial charge is 0.448 e. The lowest BCUT2D eigenvalue weighted by Gasteiger charge is -2.19. The van der Waals surface area contributed by atoms with Gasteiger partial charge < -0.3 is 14.5 Å². The van der Waals surface area contributed by atoms with E-state index in [2.05, 4.69) is 10.3 Å². The first-order valence-electron chi connectivity index (χ1n) is 4.74. The molecule has 0 atom stereocenters. The first-order chi connectivity index (χ1) is 6.88. The molecule has 1 N–H and O–H groups in total. The maximum absolute atomic E-state index is 11.3. The number of nitrogens with zero attached hydrogens (tertiary/aromatic N) is 1. The van der Waals surface area contributed by atoms with Gasteiger partial charge in [0.1, 0.15) is 17.1 Å². The molecule has 0 saturated heterocycles. The van der Waals surface area contributed by atoms with Crippen LogP contribution < -0.4 is 5.32 Å². The molecule has 0 radical (unpaired) electrons. The van der Waals surface area contributed by atoms with E-state index in [1.54, 1.807) is 6.92 Å². The Labute approximate surface area is 88.8 Å². The van der Waals surface area contributed by atoms with Gasteiger partial charge in [0.25, 0.3) is 0 Å². The van der Waals surface area contributed by atoms with Crippen molar-refractivity contribution in [3.63, 3.8) is 0 Å². The number of rotatable bonds is 2. The lowest BCUT2D eigenvalue weighted by atomic mass is 10.2. The first kappa shape index (κ1) is 11.6. The SMILES string of the molecule is Cc1ocnc1CNC(=O)OC(C)(C)C. The highest BCUT2D eigenvalue weighted by atomic mass is 16.6. The molecule has 0 aromatic carbocycles. The molecule has 1 rings (SSSR count). The van der Waals surface area contributed by atoms with Crippen molar-refractivity contribution in [2.45, 2.75) is 39.8 Å². The highest BCUT2D eigenvalue weighted by Gasteiger charge is 2.16. The Morgan fingerprint density at radius 1 is 1.60 bits per heavy atom. The molecule has 5 nitrogen and oxygen atoms in total. The summed E-state index contributed by atoms with van der Waals surface area (Å²) in [5, 5.41) is 2.60. The molecule has 0 aliphatic carbocycles. The van der Waals surface area contributed by atoms with Crippen molar-refractivity contribution in [2.75, 3.05) is 0 Å². The minimum Gasteiger partial charge on any atom is -0.448 e. The van der Waals surface area contributed by atoms with Gasteiger partial charge in [-0.25, -0.2) is 9.78 Å². The number of carbonyl (C=O) groups is 1. The summed E-state index contributed by atoms with van der Waals surface area (Å²) in [6.45, 7) is 7.55. The van der Waals surface area contributed by atoms with E-state index in [1.165, 1.54) is 6.39 Å². The molecule has 0 aliphatic heterocycles. The van der Waals surface area contributed by atoms with E-state index < -0.39 is 11.7 Å². The molecule has 1 aromatic rings. The average Bonchev–Trinajstić information content (AvgIpc) is 2.44. The number of nitrogens with one attached hydrogen (secondary N) is 1. The molecule has 0 fully saturated rings. The Morgan fingerprint density at radius 3 is 2.73 bits per heavy atom. The van der Waals surface area contributed by atoms with Crippen LogP contribution in [-0.4, -0.2) is 16.7 Å². The smallest absolute Gasteiger partial charge is 0.407 e. The maximum Gasteiger partial charge on any atom is 0.407 e. The van der Waals surface area contributed by atoms with E-state index in [9.17, 15) is 4.79 Å². The molecule has 1 heterocycles. The first-order valence-corrected chi connectivity index (χ1v) is 4.74. The quantitative estimate of drug-likeness (QED) is 0.814. The summed E-state index contributed by atoms with van der Waals surface area (Å²) >= 11 is 0. The molecule has 84 valence electrons. The Bertz CT molecular complexity index is 339. The second-order valence-corrected chi connectivity index (χ2v) is 4.21. The molecule has 5 heteroatoms. The summed E-state index contributed by atoms with van der Waals surface area (Å²) in [5.74, 6) is 0.700. The van der Waals surface area contributed by atoms with Crippen LogP contribution in [0.3, 0.4) is 0 Å². The van der Waals surface area contributed by atoms with Crippen LogP contribution in [0.25, 0.3) is 0 Å². The molecule has 0 bridgehead atoms. The summed E-state index contributed by atoms with van der Waals surface area (Å²) in [7, 11) is 0. The minimum absolute atomic E-state index is 0.317. The van der Waals surface area contributed by atoms with E-state index in [0.29, 0.717) is 18.0 Å². The maximum atomic E-state index is 11.3. The van der Waals surface area contributed by atoms with E-state index in [4.69, 9.17) is 9.15 Å². The van der Waals surface area contributed by atoms with Crippen LogP contribution >= 0.6 is 0 Å². The van der Waals surface area contributed by atoms with Gasteiger partial charge in [-0.3, -0.25) is 0 Å². The second kappa shape index (κ2) is 4.33. The van der Waals surface area contributed by atoms with Crippen LogP contribution in [0.5, 0.6) is 0 Å². The van der Waals surface area contributed by atoms with Crippen LogP contribution in [0.15, 0.2) is 10.8 Å². The Balaban J connectivity index is 2.38. The van der Waals surface area contributed by atoms with Crippen molar-refractivity contribution >= 4 is 6.09 Å². The van der Waals surface area contributed by atoms with Gasteiger partial charge in [0.05, 0.1) is 6.54 Å². The summed E-state index contributed by atoms with van der Waals surface area (Å²) in [6.07, 6.45) is 0.895. The number of oxazole rings is 1. The molecule has 1 aromatic heterocycles. The fourth-order valence-electron chi connectivity index (χ4n) is 0.968. The van der Waals surface area contributed by atoms with E-state index in [-0.39, 0.29) is 0 Å². The number of aryl methyl sites for hydroxylation is 1. The number of alkyl carbamates (subject to hydrolysis) is 1. The van der Waals surface area contributed by atoms with Crippen molar-refractivity contribution in [3.8, 4) is 0 Å². The number of carbonyl (C=O) groups excluding carboxylic acids is 1. The number of hydrogen-bond acceptors (Lipinski definition) is 4. The topological polar surface area (TPSA) is 64.4 Å². The summed E-state index contributed by atoms with van der Waals surface area (Å²) in [5.41, 5.74) is 0.226. The third kappa shape index (κ3) is 4.01. The van der Waals surface area contributed by atoms with Gasteiger partial charge in [-0.15, -0.1) is 0 Å². The predicted octanol–water partition coefficient (Wildman–Crippen LogP) is 2.01. The zero-order valence-electron chi connectivity index (χ0n) is 9.46. The number of amides is 1. The van der Waals surface area contributed by atoms with Crippen molar-refractivity contribution in [3.05, 3.63) is 17.8 Å². The van der Waals surface area contributed by atoms with E-state index in [0.717, 1.165) is 0 Å². The van der Waals surface area contributed by atoms with Crippen LogP contribution in [0.4, 0.5) is 4.79 Å². The highest BCUT2D eigenvalue weighted by molar-refractivity contribution is 5.67. The van der Waals surface area contributed by atoms with Crippen LogP contribution in [0.2, 0.25) is 0 Å². The zero-order valence-corrected chi connectivity index (χ0v) is 9.46. The lowest BCUT2D eigenvalue weighted by Crippen LogP contribution is -2.32. The van der Waals surface area contributed by atoms with Crippen LogP contribution in [-0.2, 0) is 11.3 Å². The summed E-state index contributed by atoms with van der Waals surface area (Å²) in [6, 6.07) is 0. The second-order valence-electron chi connectivity index (χ2n) is 4.21. The summed E-state index contributed by atoms with van der Waals surface area (Å²) < 4.78 is 10.1. The summed E-state index contributed by atoms with van der Waals surface area (Å²) in [4.78, 5) is 15.2. The predicted molar refractivity (Wildman–Crippen MR) is 54.3 cm³/mol. The number of ether oxygens (including phenoxy) is 1. The molecular weight excluding hydrogens is 196 g/mol. The minimum atomic E-state index is -0.483. The van der Waals surface area contributed by atoms with E-state index in [1.807, 2.05) is 20.8 Å². The van der Waals surface area contributed by atoms with Crippen LogP contribution in [0, 0.1) is 6.92 Å². The third-order valence-corrected chi connectivity index (χ3v) is 1.64. The molecule has 1 amide bonds. The standard InChI is InChI=1S/C10H16N2O3/c1-7-8(12-6-14-7)5-11-9(13)15-10(2,3)4/h6H,5H2,1-4H3,(H,11,13). The molecule has 0 unspecified atom stereocenters. The Morgan fingerprint density at radius 2 is 2.27 bits per heavy atom. The third-order valence-electron chi connectivity index (χ3n) is 1.64. The monoisotopic (exact) mass is 212 g/mol. The zero-order chi connectivity index (χ0) is 11.5. The van der Waals surface area contributed by atoms with Crippen molar-refractivity contribution in [1.82, 2.24) is 10.3 Å². The van der Waals surface area contributed by atoms with Crippen molar-refractivity contribution in [2.24, 2.45) is 0 Å². The Kier molecular flexibility index (Phi) is 3.34. The molecule has 0 saturated carbocycles. The van der Waals surface area contributed by atoms with Gasteiger partial charge in [0.15, 0.2) is 6.39 Å². The lowest BCUT2D eigenvalue weighted by molar-refractivity contribution is 0.0523. The molecule has 0 spiro atoms. The fourth-order valence-corrected chi connectivity index (χ4v) is 0.968. The fraction of sp³-hybridized carbons (Fsp3) is 0.600. The van der Waals surface area contributed by atoms with E-state index >= 15 is 0 Å². The van der Waals surface area contributed by atoms with Crippen molar-refractivity contribution in [1.29, 1.82) is 0 Å². The van der Waals surface area contributed by atoms with Gasteiger partial charge in [-0.2, -0.15) is 0 Å². The van der Waals surface area contributed by atoms with Crippen LogP contribution in [0.1, 0.15) is 32.2 Å². The molecule has 0 aliphatic rings. The van der Waals surface area contributed by atoms with Gasteiger partial charge >= 0.3 is 6.09 Å². The number of hydrogen-bond donors (Lipinski definition) is 1. The van der Waals surface area contributed by atoms with Gasteiger partial charge in [-0.05, 0) is 27.7 Å². The van der Waals surface area contributed by atoms with Crippen molar-refractivity contribution < 1.29 is 13.9 Å². The molecular formula is C10H16N2O3. The molecule has 15 heavy (non-hydrogen) atoms. The average molecular weight is 212 g/mol. The number of aromatic nitrogens is 1. The highest BCUT2D eigenvalue weighted by Crippen LogP contribution is 2.07. The van der Waals surface area contributed by atoms with Gasteiger partial charge in [0, 0.05) is 0 Å². The van der Waals surface area contributed by atoms with Gasteiger partial charge in [-0.1, -0.05) is 0 Å².